The normalized spacial score (nSPS) is 18.0. The summed E-state index contributed by atoms with van der Waals surface area (Å²) in [6, 6.07) is 3.49. The summed E-state index contributed by atoms with van der Waals surface area (Å²) in [6.07, 6.45) is 1.07. The van der Waals surface area contributed by atoms with Crippen LogP contribution in [-0.2, 0) is 6.54 Å². The van der Waals surface area contributed by atoms with Gasteiger partial charge in [-0.15, -0.1) is 0 Å². The highest BCUT2D eigenvalue weighted by atomic mass is 19.1. The molecule has 0 fully saturated rings. The Balaban J connectivity index is 2.05. The van der Waals surface area contributed by atoms with Crippen molar-refractivity contribution in [2.24, 2.45) is 5.73 Å². The Labute approximate surface area is 133 Å². The zero-order chi connectivity index (χ0) is 16.1. The lowest BCUT2D eigenvalue weighted by Crippen LogP contribution is -2.32. The minimum absolute atomic E-state index is 0.0938. The molecule has 2 N–H and O–H groups in total. The minimum atomic E-state index is -0.181. The zero-order valence-electron chi connectivity index (χ0n) is 13.9. The van der Waals surface area contributed by atoms with Gasteiger partial charge in [0.1, 0.15) is 11.6 Å². The van der Waals surface area contributed by atoms with Gasteiger partial charge in [0.25, 0.3) is 0 Å². The monoisotopic (exact) mass is 309 g/mol. The fraction of sp³-hybridized carbons (Fsp3) is 0.647. The van der Waals surface area contributed by atoms with E-state index in [1.54, 1.807) is 7.11 Å². The number of fused-ring (bicyclic) bond motifs is 1. The fourth-order valence-corrected chi connectivity index (χ4v) is 3.27. The van der Waals surface area contributed by atoms with E-state index in [2.05, 4.69) is 23.6 Å². The molecular weight excluding hydrogens is 281 g/mol. The first-order chi connectivity index (χ1) is 10.6. The first-order valence-electron chi connectivity index (χ1n) is 8.17. The molecule has 0 amide bonds. The number of methoxy groups -OCH3 is 1. The second-order valence-corrected chi connectivity index (χ2v) is 5.78. The van der Waals surface area contributed by atoms with Gasteiger partial charge in [-0.05, 0) is 37.7 Å². The molecule has 0 saturated carbocycles. The smallest absolute Gasteiger partial charge is 0.131 e. The van der Waals surface area contributed by atoms with E-state index in [0.29, 0.717) is 18.8 Å². The molecule has 1 aliphatic rings. The van der Waals surface area contributed by atoms with E-state index in [0.717, 1.165) is 43.7 Å². The molecule has 4 nitrogen and oxygen atoms in total. The first-order valence-corrected chi connectivity index (χ1v) is 8.17. The third-order valence-corrected chi connectivity index (χ3v) is 4.64. The van der Waals surface area contributed by atoms with Crippen molar-refractivity contribution in [1.82, 2.24) is 9.80 Å². The largest absolute Gasteiger partial charge is 0.497 e. The molecule has 1 aromatic rings. The van der Waals surface area contributed by atoms with Crippen LogP contribution >= 0.6 is 0 Å². The average molecular weight is 309 g/mol. The number of rotatable bonds is 8. The van der Waals surface area contributed by atoms with Crippen LogP contribution in [0.4, 0.5) is 4.39 Å². The van der Waals surface area contributed by atoms with Crippen LogP contribution in [0.15, 0.2) is 12.1 Å². The highest BCUT2D eigenvalue weighted by Crippen LogP contribution is 2.37. The molecule has 2 rings (SSSR count). The van der Waals surface area contributed by atoms with Crippen molar-refractivity contribution in [2.75, 3.05) is 39.8 Å². The first kappa shape index (κ1) is 17.2. The number of nitrogens with zero attached hydrogens (tertiary/aromatic N) is 2. The van der Waals surface area contributed by atoms with Crippen molar-refractivity contribution in [3.63, 3.8) is 0 Å². The van der Waals surface area contributed by atoms with Crippen molar-refractivity contribution in [3.05, 3.63) is 29.1 Å². The minimum Gasteiger partial charge on any atom is -0.497 e. The van der Waals surface area contributed by atoms with Crippen LogP contribution in [0.25, 0.3) is 0 Å². The summed E-state index contributed by atoms with van der Waals surface area (Å²) in [6.45, 7) is 9.67. The molecule has 1 aromatic carbocycles. The molecule has 0 bridgehead atoms. The van der Waals surface area contributed by atoms with E-state index >= 15 is 0 Å². The number of halogens is 1. The Morgan fingerprint density at radius 1 is 1.36 bits per heavy atom. The summed E-state index contributed by atoms with van der Waals surface area (Å²) in [4.78, 5) is 4.70. The summed E-state index contributed by atoms with van der Waals surface area (Å²) in [5.41, 5.74) is 7.71. The number of hydrogen-bond acceptors (Lipinski definition) is 4. The SMILES string of the molecule is CCN(CC)CCCN1Cc2c(F)cc(OC)cc2C1CN. The summed E-state index contributed by atoms with van der Waals surface area (Å²) in [7, 11) is 1.56. The lowest BCUT2D eigenvalue weighted by atomic mass is 10.0. The van der Waals surface area contributed by atoms with Gasteiger partial charge in [0.15, 0.2) is 0 Å². The second-order valence-electron chi connectivity index (χ2n) is 5.78. The van der Waals surface area contributed by atoms with Crippen LogP contribution in [0.2, 0.25) is 0 Å². The summed E-state index contributed by atoms with van der Waals surface area (Å²) in [5.74, 6) is 0.388. The Morgan fingerprint density at radius 2 is 2.09 bits per heavy atom. The van der Waals surface area contributed by atoms with Crippen LogP contribution < -0.4 is 10.5 Å². The van der Waals surface area contributed by atoms with Crippen molar-refractivity contribution in [3.8, 4) is 5.75 Å². The van der Waals surface area contributed by atoms with Gasteiger partial charge in [-0.2, -0.15) is 0 Å². The highest BCUT2D eigenvalue weighted by molar-refractivity contribution is 5.41. The van der Waals surface area contributed by atoms with Crippen LogP contribution in [0.5, 0.6) is 5.75 Å². The third kappa shape index (κ3) is 3.59. The number of nitrogens with two attached hydrogens (primary N) is 1. The molecule has 1 atom stereocenters. The van der Waals surface area contributed by atoms with Gasteiger partial charge in [0.05, 0.1) is 7.11 Å². The van der Waals surface area contributed by atoms with E-state index in [1.807, 2.05) is 6.07 Å². The van der Waals surface area contributed by atoms with Gasteiger partial charge in [0.2, 0.25) is 0 Å². The average Bonchev–Trinajstić information content (AvgIpc) is 2.89. The molecule has 0 saturated heterocycles. The van der Waals surface area contributed by atoms with Crippen molar-refractivity contribution < 1.29 is 9.13 Å². The Kier molecular flexibility index (Phi) is 6.17. The molecule has 22 heavy (non-hydrogen) atoms. The van der Waals surface area contributed by atoms with Gasteiger partial charge >= 0.3 is 0 Å². The van der Waals surface area contributed by atoms with Gasteiger partial charge in [-0.3, -0.25) is 4.90 Å². The lowest BCUT2D eigenvalue weighted by Gasteiger charge is -2.25. The number of hydrogen-bond donors (Lipinski definition) is 1. The number of ether oxygens (including phenoxy) is 1. The van der Waals surface area contributed by atoms with Crippen LogP contribution in [0.3, 0.4) is 0 Å². The zero-order valence-corrected chi connectivity index (χ0v) is 13.9. The van der Waals surface area contributed by atoms with Crippen molar-refractivity contribution >= 4 is 0 Å². The Morgan fingerprint density at radius 3 is 2.68 bits per heavy atom. The summed E-state index contributed by atoms with van der Waals surface area (Å²) < 4.78 is 19.4. The van der Waals surface area contributed by atoms with Crippen molar-refractivity contribution in [1.29, 1.82) is 0 Å². The third-order valence-electron chi connectivity index (χ3n) is 4.64. The van der Waals surface area contributed by atoms with Crippen LogP contribution in [-0.4, -0.2) is 49.6 Å². The molecule has 0 aliphatic carbocycles. The highest BCUT2D eigenvalue weighted by Gasteiger charge is 2.31. The van der Waals surface area contributed by atoms with E-state index in [4.69, 9.17) is 10.5 Å². The molecule has 0 aromatic heterocycles. The van der Waals surface area contributed by atoms with Gasteiger partial charge in [-0.25, -0.2) is 4.39 Å². The maximum Gasteiger partial charge on any atom is 0.131 e. The molecule has 124 valence electrons. The second kappa shape index (κ2) is 7.90. The van der Waals surface area contributed by atoms with Gasteiger partial charge in [0, 0.05) is 37.3 Å². The molecule has 1 aliphatic heterocycles. The standard InChI is InChI=1S/C17H28FN3O/c1-4-20(5-2)7-6-8-21-12-15-14(17(21)11-19)9-13(22-3)10-16(15)18/h9-10,17H,4-8,11-12,19H2,1-3H3. The molecule has 0 spiro atoms. The van der Waals surface area contributed by atoms with Gasteiger partial charge in [-0.1, -0.05) is 13.8 Å². The van der Waals surface area contributed by atoms with E-state index in [1.165, 1.54) is 6.07 Å². The van der Waals surface area contributed by atoms with Gasteiger partial charge < -0.3 is 15.4 Å². The van der Waals surface area contributed by atoms with E-state index in [-0.39, 0.29) is 11.9 Å². The molecule has 1 heterocycles. The summed E-state index contributed by atoms with van der Waals surface area (Å²) in [5, 5.41) is 0. The maximum atomic E-state index is 14.2. The topological polar surface area (TPSA) is 41.7 Å². The maximum absolute atomic E-state index is 14.2. The lowest BCUT2D eigenvalue weighted by molar-refractivity contribution is 0.198. The number of benzene rings is 1. The van der Waals surface area contributed by atoms with Crippen LogP contribution in [0.1, 0.15) is 37.4 Å². The molecule has 0 radical (unpaired) electrons. The van der Waals surface area contributed by atoms with Crippen LogP contribution in [0, 0.1) is 5.82 Å². The predicted octanol–water partition coefficient (Wildman–Crippen LogP) is 2.38. The summed E-state index contributed by atoms with van der Waals surface area (Å²) >= 11 is 0. The van der Waals surface area contributed by atoms with E-state index < -0.39 is 0 Å². The predicted molar refractivity (Wildman–Crippen MR) is 87.6 cm³/mol. The van der Waals surface area contributed by atoms with E-state index in [9.17, 15) is 4.39 Å². The quantitative estimate of drug-likeness (QED) is 0.800. The Hall–Kier alpha value is -1.17. The fourth-order valence-electron chi connectivity index (χ4n) is 3.27. The molecule has 5 heteroatoms. The van der Waals surface area contributed by atoms with Crippen molar-refractivity contribution in [2.45, 2.75) is 32.9 Å². The molecular formula is C17H28FN3O. The Bertz CT molecular complexity index is 491. The molecule has 1 unspecified atom stereocenters.